The summed E-state index contributed by atoms with van der Waals surface area (Å²) in [6, 6.07) is 8.13. The zero-order chi connectivity index (χ0) is 21.3. The summed E-state index contributed by atoms with van der Waals surface area (Å²) in [4.78, 5) is 61.0. The Morgan fingerprint density at radius 3 is 2.21 bits per heavy atom. The molecule has 0 saturated carbocycles. The molecule has 0 saturated heterocycles. The van der Waals surface area contributed by atoms with Crippen molar-refractivity contribution in [1.29, 1.82) is 0 Å². The average molecular weight is 415 g/mol. The highest BCUT2D eigenvalue weighted by molar-refractivity contribution is 6.41. The van der Waals surface area contributed by atoms with Crippen LogP contribution in [0, 0.1) is 0 Å². The molecule has 8 nitrogen and oxygen atoms in total. The van der Waals surface area contributed by atoms with E-state index in [1.54, 1.807) is 18.2 Å². The lowest BCUT2D eigenvalue weighted by Crippen LogP contribution is -2.43. The fourth-order valence-corrected chi connectivity index (χ4v) is 3.19. The Morgan fingerprint density at radius 1 is 0.966 bits per heavy atom. The third kappa shape index (κ3) is 3.62. The lowest BCUT2D eigenvalue weighted by molar-refractivity contribution is -0.127. The standard InChI is InChI=1S/C20H15ClN2O6/c1-9(18(26)23-20(28)22-2)29-19(27)13-8-7-12-14(15(13)21)17(25)11-6-4-3-5-10(11)16(12)24/h3-9H,1-2H3,(H2,22,23,26,28)/t9-/m0/s1. The first-order chi connectivity index (χ1) is 13.8. The van der Waals surface area contributed by atoms with Crippen molar-refractivity contribution in [2.24, 2.45) is 0 Å². The molecule has 0 fully saturated rings. The number of amides is 3. The van der Waals surface area contributed by atoms with Crippen molar-refractivity contribution in [3.63, 3.8) is 0 Å². The van der Waals surface area contributed by atoms with Crippen molar-refractivity contribution >= 4 is 41.1 Å². The van der Waals surface area contributed by atoms with Crippen LogP contribution in [0.15, 0.2) is 36.4 Å². The van der Waals surface area contributed by atoms with E-state index in [0.29, 0.717) is 0 Å². The Kier molecular flexibility index (Phi) is 5.47. The first kappa shape index (κ1) is 20.2. The number of benzene rings is 2. The summed E-state index contributed by atoms with van der Waals surface area (Å²) >= 11 is 6.28. The van der Waals surface area contributed by atoms with Gasteiger partial charge in [-0.2, -0.15) is 0 Å². The zero-order valence-corrected chi connectivity index (χ0v) is 16.1. The predicted molar refractivity (Wildman–Crippen MR) is 102 cm³/mol. The van der Waals surface area contributed by atoms with Crippen molar-refractivity contribution in [3.8, 4) is 0 Å². The van der Waals surface area contributed by atoms with Gasteiger partial charge in [-0.15, -0.1) is 0 Å². The number of hydrogen-bond donors (Lipinski definition) is 2. The second-order valence-corrected chi connectivity index (χ2v) is 6.55. The number of halogens is 1. The van der Waals surface area contributed by atoms with Crippen LogP contribution in [0.1, 0.15) is 49.1 Å². The van der Waals surface area contributed by atoms with Crippen LogP contribution in [0.2, 0.25) is 5.02 Å². The molecule has 3 rings (SSSR count). The van der Waals surface area contributed by atoms with E-state index in [2.05, 4.69) is 5.32 Å². The lowest BCUT2D eigenvalue weighted by atomic mass is 9.83. The highest BCUT2D eigenvalue weighted by atomic mass is 35.5. The van der Waals surface area contributed by atoms with E-state index in [1.807, 2.05) is 5.32 Å². The van der Waals surface area contributed by atoms with Crippen LogP contribution in [0.4, 0.5) is 4.79 Å². The molecule has 2 aromatic rings. The largest absolute Gasteiger partial charge is 0.449 e. The summed E-state index contributed by atoms with van der Waals surface area (Å²) in [5, 5.41) is 3.93. The van der Waals surface area contributed by atoms with Gasteiger partial charge in [0.15, 0.2) is 17.7 Å². The number of fused-ring (bicyclic) bond motifs is 2. The molecule has 0 heterocycles. The minimum atomic E-state index is -1.30. The summed E-state index contributed by atoms with van der Waals surface area (Å²) in [5.74, 6) is -2.68. The van der Waals surface area contributed by atoms with Gasteiger partial charge < -0.3 is 10.1 Å². The van der Waals surface area contributed by atoms with Crippen molar-refractivity contribution in [2.75, 3.05) is 7.05 Å². The molecule has 1 aliphatic rings. The maximum Gasteiger partial charge on any atom is 0.340 e. The third-order valence-corrected chi connectivity index (χ3v) is 4.76. The second kappa shape index (κ2) is 7.84. The summed E-state index contributed by atoms with van der Waals surface area (Å²) in [6.07, 6.45) is -1.30. The van der Waals surface area contributed by atoms with E-state index in [9.17, 15) is 24.0 Å². The van der Waals surface area contributed by atoms with Gasteiger partial charge in [0.2, 0.25) is 0 Å². The van der Waals surface area contributed by atoms with Crippen LogP contribution >= 0.6 is 11.6 Å². The number of urea groups is 1. The van der Waals surface area contributed by atoms with Crippen LogP contribution in [0.3, 0.4) is 0 Å². The van der Waals surface area contributed by atoms with Crippen LogP contribution in [0.5, 0.6) is 0 Å². The molecule has 9 heteroatoms. The summed E-state index contributed by atoms with van der Waals surface area (Å²) in [6.45, 7) is 1.27. The molecule has 29 heavy (non-hydrogen) atoms. The van der Waals surface area contributed by atoms with Gasteiger partial charge >= 0.3 is 12.0 Å². The molecule has 0 bridgehead atoms. The number of hydrogen-bond acceptors (Lipinski definition) is 6. The zero-order valence-electron chi connectivity index (χ0n) is 15.4. The van der Waals surface area contributed by atoms with Crippen LogP contribution in [-0.2, 0) is 9.53 Å². The number of ketones is 2. The monoisotopic (exact) mass is 414 g/mol. The molecule has 2 N–H and O–H groups in total. The summed E-state index contributed by atoms with van der Waals surface area (Å²) in [5.41, 5.74) is 0.269. The molecule has 0 spiro atoms. The van der Waals surface area contributed by atoms with E-state index < -0.39 is 29.8 Å². The quantitative estimate of drug-likeness (QED) is 0.633. The maximum absolute atomic E-state index is 12.8. The number of rotatable bonds is 3. The average Bonchev–Trinajstić information content (AvgIpc) is 2.71. The molecule has 3 amide bonds. The van der Waals surface area contributed by atoms with Gasteiger partial charge in [-0.3, -0.25) is 19.7 Å². The van der Waals surface area contributed by atoms with Gasteiger partial charge in [-0.1, -0.05) is 35.9 Å². The fraction of sp³-hybridized carbons (Fsp3) is 0.150. The molecular formula is C20H15ClN2O6. The highest BCUT2D eigenvalue weighted by Crippen LogP contribution is 2.34. The second-order valence-electron chi connectivity index (χ2n) is 6.17. The minimum Gasteiger partial charge on any atom is -0.449 e. The van der Waals surface area contributed by atoms with Crippen molar-refractivity contribution < 1.29 is 28.7 Å². The van der Waals surface area contributed by atoms with Gasteiger partial charge in [0.25, 0.3) is 5.91 Å². The molecule has 2 aromatic carbocycles. The SMILES string of the molecule is CNC(=O)NC(=O)[C@H](C)OC(=O)c1ccc2c(c1Cl)C(=O)c1ccccc1C2=O. The third-order valence-electron chi connectivity index (χ3n) is 4.37. The molecule has 148 valence electrons. The van der Waals surface area contributed by atoms with Gasteiger partial charge in [0, 0.05) is 23.7 Å². The van der Waals surface area contributed by atoms with E-state index >= 15 is 0 Å². The first-order valence-electron chi connectivity index (χ1n) is 8.50. The molecular weight excluding hydrogens is 400 g/mol. The van der Waals surface area contributed by atoms with Crippen LogP contribution in [0.25, 0.3) is 0 Å². The smallest absolute Gasteiger partial charge is 0.340 e. The number of imide groups is 1. The molecule has 0 radical (unpaired) electrons. The number of ether oxygens (including phenoxy) is 1. The molecule has 1 aliphatic carbocycles. The van der Waals surface area contributed by atoms with E-state index in [4.69, 9.17) is 16.3 Å². The summed E-state index contributed by atoms with van der Waals surface area (Å²) < 4.78 is 5.04. The van der Waals surface area contributed by atoms with Crippen LogP contribution in [-0.4, -0.2) is 42.6 Å². The fourth-order valence-electron chi connectivity index (χ4n) is 2.86. The van der Waals surface area contributed by atoms with Crippen LogP contribution < -0.4 is 10.6 Å². The Balaban J connectivity index is 1.90. The van der Waals surface area contributed by atoms with Crippen molar-refractivity contribution in [1.82, 2.24) is 10.6 Å². The Hall–Kier alpha value is -3.52. The maximum atomic E-state index is 12.8. The van der Waals surface area contributed by atoms with Gasteiger partial charge in [0.1, 0.15) is 0 Å². The molecule has 0 unspecified atom stereocenters. The Labute approximate surface area is 170 Å². The number of carbonyl (C=O) groups excluding carboxylic acids is 5. The van der Waals surface area contributed by atoms with Gasteiger partial charge in [-0.25, -0.2) is 9.59 Å². The highest BCUT2D eigenvalue weighted by Gasteiger charge is 2.33. The first-order valence-corrected chi connectivity index (χ1v) is 8.88. The summed E-state index contributed by atoms with van der Waals surface area (Å²) in [7, 11) is 1.32. The van der Waals surface area contributed by atoms with E-state index in [-0.39, 0.29) is 38.6 Å². The van der Waals surface area contributed by atoms with E-state index in [0.717, 1.165) is 0 Å². The number of nitrogens with one attached hydrogen (secondary N) is 2. The van der Waals surface area contributed by atoms with Crippen molar-refractivity contribution in [2.45, 2.75) is 13.0 Å². The predicted octanol–water partition coefficient (Wildman–Crippen LogP) is 2.12. The topological polar surface area (TPSA) is 119 Å². The lowest BCUT2D eigenvalue weighted by Gasteiger charge is -2.20. The van der Waals surface area contributed by atoms with Gasteiger partial charge in [0.05, 0.1) is 16.1 Å². The molecule has 0 aromatic heterocycles. The Morgan fingerprint density at radius 2 is 1.59 bits per heavy atom. The Bertz CT molecular complexity index is 1080. The van der Waals surface area contributed by atoms with E-state index in [1.165, 1.54) is 32.2 Å². The van der Waals surface area contributed by atoms with Crippen molar-refractivity contribution in [3.05, 3.63) is 69.2 Å². The molecule has 1 atom stereocenters. The number of carbonyl (C=O) groups is 5. The number of esters is 1. The van der Waals surface area contributed by atoms with Gasteiger partial charge in [-0.05, 0) is 19.1 Å². The molecule has 0 aliphatic heterocycles. The normalized spacial score (nSPS) is 13.1. The minimum absolute atomic E-state index is 0.0839.